The molecule has 3 aromatic carbocycles. The molecule has 42 heavy (non-hydrogen) atoms. The van der Waals surface area contributed by atoms with Crippen LogP contribution in [0.4, 0.5) is 39.5 Å². The number of oxime groups is 1. The predicted octanol–water partition coefficient (Wildman–Crippen LogP) is 6.50. The topological polar surface area (TPSA) is 79.8 Å². The number of nitrogens with zero attached hydrogens (tertiary/aromatic N) is 1. The van der Waals surface area contributed by atoms with E-state index in [9.17, 15) is 49.1 Å². The molecule has 2 atom stereocenters. The summed E-state index contributed by atoms with van der Waals surface area (Å²) in [6, 6.07) is 9.70. The molecule has 0 radical (unpaired) electrons. The summed E-state index contributed by atoms with van der Waals surface area (Å²) in [5, 5.41) is 6.81. The van der Waals surface area contributed by atoms with E-state index in [0.717, 1.165) is 0 Å². The second-order valence-corrected chi connectivity index (χ2v) is 9.49. The fourth-order valence-electron chi connectivity index (χ4n) is 4.31. The number of halogens is 10. The highest BCUT2D eigenvalue weighted by Crippen LogP contribution is 2.50. The van der Waals surface area contributed by atoms with Crippen molar-refractivity contribution in [2.45, 2.75) is 37.1 Å². The predicted molar refractivity (Wildman–Crippen MR) is 132 cm³/mol. The lowest BCUT2D eigenvalue weighted by Gasteiger charge is -2.30. The molecule has 0 aliphatic carbocycles. The minimum atomic E-state index is -5.25. The lowest BCUT2D eigenvalue weighted by atomic mass is 9.84. The average molecular weight is 626 g/mol. The van der Waals surface area contributed by atoms with Gasteiger partial charge < -0.3 is 15.5 Å². The summed E-state index contributed by atoms with van der Waals surface area (Å²) in [6.07, 6.45) is -17.7. The van der Waals surface area contributed by atoms with E-state index in [0.29, 0.717) is 12.1 Å². The van der Waals surface area contributed by atoms with Crippen molar-refractivity contribution in [2.75, 3.05) is 6.54 Å². The molecule has 0 saturated heterocycles. The highest BCUT2D eigenvalue weighted by atomic mass is 35.5. The number of rotatable bonds is 7. The van der Waals surface area contributed by atoms with Crippen LogP contribution in [0.15, 0.2) is 59.8 Å². The zero-order chi connectivity index (χ0) is 31.0. The maximum atomic E-state index is 14.4. The van der Waals surface area contributed by atoms with Gasteiger partial charge in [-0.2, -0.15) is 26.3 Å². The molecule has 2 N–H and O–H groups in total. The zero-order valence-corrected chi connectivity index (χ0v) is 21.5. The van der Waals surface area contributed by atoms with E-state index in [1.54, 1.807) is 0 Å². The SMILES string of the molecule is O=C(CNC(=O)c1ccc(C2=NOC(c3cc(Cl)cc(C(F)(F)F)c3)(C(F)(F)F)C2)c2ccccc12)NC(F)C(F)F. The quantitative estimate of drug-likeness (QED) is 0.232. The number of carbonyl (C=O) groups is 2. The largest absolute Gasteiger partial charge is 0.435 e. The van der Waals surface area contributed by atoms with Crippen molar-refractivity contribution >= 4 is 39.9 Å². The number of fused-ring (bicyclic) bond motifs is 1. The molecule has 0 saturated carbocycles. The van der Waals surface area contributed by atoms with Crippen LogP contribution in [0.3, 0.4) is 0 Å². The number of amides is 2. The number of nitrogens with one attached hydrogen (secondary N) is 2. The first-order chi connectivity index (χ1) is 19.5. The van der Waals surface area contributed by atoms with E-state index in [2.05, 4.69) is 10.5 Å². The summed E-state index contributed by atoms with van der Waals surface area (Å²) in [5.41, 5.74) is -5.99. The Morgan fingerprint density at radius 1 is 0.976 bits per heavy atom. The van der Waals surface area contributed by atoms with Crippen molar-refractivity contribution in [1.82, 2.24) is 10.6 Å². The van der Waals surface area contributed by atoms with Crippen LogP contribution in [0, 0.1) is 0 Å². The van der Waals surface area contributed by atoms with E-state index >= 15 is 0 Å². The number of carbonyl (C=O) groups excluding carboxylic acids is 2. The molecular formula is C26H17ClF9N3O3. The summed E-state index contributed by atoms with van der Waals surface area (Å²) in [5.74, 6) is -2.14. The molecule has 16 heteroatoms. The smallest absolute Gasteiger partial charge is 0.374 e. The Kier molecular flexibility index (Phi) is 8.36. The highest BCUT2D eigenvalue weighted by molar-refractivity contribution is 6.30. The second-order valence-electron chi connectivity index (χ2n) is 9.05. The van der Waals surface area contributed by atoms with Crippen LogP contribution in [0.5, 0.6) is 0 Å². The van der Waals surface area contributed by atoms with Gasteiger partial charge in [-0.3, -0.25) is 9.59 Å². The number of hydrogen-bond donors (Lipinski definition) is 2. The molecule has 0 fully saturated rings. The Morgan fingerprint density at radius 2 is 1.64 bits per heavy atom. The van der Waals surface area contributed by atoms with Gasteiger partial charge in [0.1, 0.15) is 0 Å². The van der Waals surface area contributed by atoms with Gasteiger partial charge in [0.05, 0.1) is 17.8 Å². The van der Waals surface area contributed by atoms with E-state index in [-0.39, 0.29) is 33.7 Å². The lowest BCUT2D eigenvalue weighted by Crippen LogP contribution is -2.43. The first kappa shape index (κ1) is 30.9. The monoisotopic (exact) mass is 625 g/mol. The fraction of sp³-hybridized carbons (Fsp3) is 0.269. The van der Waals surface area contributed by atoms with Crippen LogP contribution in [0.2, 0.25) is 5.02 Å². The molecule has 2 amide bonds. The molecule has 6 nitrogen and oxygen atoms in total. The molecule has 4 rings (SSSR count). The molecule has 3 aromatic rings. The van der Waals surface area contributed by atoms with Crippen molar-refractivity contribution in [2.24, 2.45) is 5.16 Å². The van der Waals surface area contributed by atoms with Crippen LogP contribution in [0.25, 0.3) is 10.8 Å². The Bertz CT molecular complexity index is 1560. The Hall–Kier alpha value is -4.01. The molecule has 0 spiro atoms. The molecule has 1 aliphatic heterocycles. The molecule has 0 bridgehead atoms. The normalized spacial score (nSPS) is 18.0. The standard InChI is InChI=1S/C26H17ClF9N3O3/c27-14-8-12(7-13(9-14)25(31,32)33)24(26(34,35)36)10-19(39-42-24)17-5-6-18(16-4-2-1-3-15(16)17)23(41)37-11-20(40)38-22(30)21(28)29/h1-9,21-22H,10-11H2,(H,37,41)(H,38,40). The minimum absolute atomic E-state index is 0.0568. The van der Waals surface area contributed by atoms with E-state index in [1.165, 1.54) is 41.7 Å². The first-order valence-corrected chi connectivity index (χ1v) is 12.1. The molecule has 2 unspecified atom stereocenters. The van der Waals surface area contributed by atoms with Gasteiger partial charge in [-0.25, -0.2) is 13.2 Å². The third kappa shape index (κ3) is 6.10. The number of alkyl halides is 9. The van der Waals surface area contributed by atoms with Gasteiger partial charge in [0.2, 0.25) is 12.2 Å². The molecule has 224 valence electrons. The highest BCUT2D eigenvalue weighted by Gasteiger charge is 2.62. The summed E-state index contributed by atoms with van der Waals surface area (Å²) in [6.45, 7) is -0.865. The van der Waals surface area contributed by atoms with Crippen LogP contribution < -0.4 is 10.6 Å². The van der Waals surface area contributed by atoms with Crippen LogP contribution in [-0.2, 0) is 21.4 Å². The fourth-order valence-corrected chi connectivity index (χ4v) is 4.54. The maximum absolute atomic E-state index is 14.4. The number of benzene rings is 3. The average Bonchev–Trinajstić information content (AvgIpc) is 3.37. The minimum Gasteiger partial charge on any atom is -0.374 e. The van der Waals surface area contributed by atoms with Gasteiger partial charge in [-0.15, -0.1) is 0 Å². The maximum Gasteiger partial charge on any atom is 0.435 e. The number of hydrogen-bond acceptors (Lipinski definition) is 4. The lowest BCUT2D eigenvalue weighted by molar-refractivity contribution is -0.276. The van der Waals surface area contributed by atoms with Crippen LogP contribution in [0.1, 0.15) is 33.5 Å². The first-order valence-electron chi connectivity index (χ1n) is 11.8. The van der Waals surface area contributed by atoms with Crippen molar-refractivity contribution < 1.29 is 53.9 Å². The van der Waals surface area contributed by atoms with Gasteiger partial charge in [0.15, 0.2) is 0 Å². The zero-order valence-electron chi connectivity index (χ0n) is 20.7. The van der Waals surface area contributed by atoms with Gasteiger partial charge in [-0.05, 0) is 35.0 Å². The third-order valence-electron chi connectivity index (χ3n) is 6.29. The van der Waals surface area contributed by atoms with E-state index in [1.807, 2.05) is 0 Å². The van der Waals surface area contributed by atoms with Crippen molar-refractivity contribution in [1.29, 1.82) is 0 Å². The Labute approximate surface area is 235 Å². The summed E-state index contributed by atoms with van der Waals surface area (Å²) >= 11 is 5.73. The second kappa shape index (κ2) is 11.3. The van der Waals surface area contributed by atoms with Gasteiger partial charge >= 0.3 is 12.4 Å². The van der Waals surface area contributed by atoms with Crippen molar-refractivity contribution in [3.8, 4) is 0 Å². The van der Waals surface area contributed by atoms with Gasteiger partial charge in [-0.1, -0.05) is 47.1 Å². The molecule has 1 heterocycles. The van der Waals surface area contributed by atoms with Crippen LogP contribution >= 0.6 is 11.6 Å². The summed E-state index contributed by atoms with van der Waals surface area (Å²) in [7, 11) is 0. The Morgan fingerprint density at radius 3 is 2.26 bits per heavy atom. The molecule has 1 aliphatic rings. The Balaban J connectivity index is 1.66. The van der Waals surface area contributed by atoms with E-state index in [4.69, 9.17) is 16.4 Å². The summed E-state index contributed by atoms with van der Waals surface area (Å²) in [4.78, 5) is 29.2. The third-order valence-corrected chi connectivity index (χ3v) is 6.50. The summed E-state index contributed by atoms with van der Waals surface area (Å²) < 4.78 is 121. The van der Waals surface area contributed by atoms with E-state index < -0.39 is 71.6 Å². The van der Waals surface area contributed by atoms with Gasteiger partial charge in [0.25, 0.3) is 17.9 Å². The van der Waals surface area contributed by atoms with Gasteiger partial charge in [0, 0.05) is 28.1 Å². The van der Waals surface area contributed by atoms with Crippen molar-refractivity contribution in [3.63, 3.8) is 0 Å². The molecular weight excluding hydrogens is 609 g/mol. The molecule has 0 aromatic heterocycles. The van der Waals surface area contributed by atoms with Crippen molar-refractivity contribution in [3.05, 3.63) is 81.9 Å². The van der Waals surface area contributed by atoms with Crippen LogP contribution in [-0.4, -0.2) is 43.0 Å².